The summed E-state index contributed by atoms with van der Waals surface area (Å²) in [5.74, 6) is 1.87. The van der Waals surface area contributed by atoms with E-state index in [-0.39, 0.29) is 10.8 Å². The summed E-state index contributed by atoms with van der Waals surface area (Å²) in [6.07, 6.45) is 4.66. The number of para-hydroxylation sites is 2. The van der Waals surface area contributed by atoms with Crippen molar-refractivity contribution in [2.24, 2.45) is 0 Å². The van der Waals surface area contributed by atoms with Crippen molar-refractivity contribution in [2.75, 3.05) is 14.2 Å². The highest BCUT2D eigenvalue weighted by Crippen LogP contribution is 2.45. The molecule has 0 saturated heterocycles. The second-order valence-corrected chi connectivity index (χ2v) is 13.1. The molecule has 0 aliphatic carbocycles. The van der Waals surface area contributed by atoms with E-state index in [0.717, 1.165) is 22.6 Å². The Bertz CT molecular complexity index is 1480. The molecule has 0 spiro atoms. The Balaban J connectivity index is 1.79. The highest BCUT2D eigenvalue weighted by atomic mass is 16.5. The lowest BCUT2D eigenvalue weighted by molar-refractivity contribution is 0.401. The van der Waals surface area contributed by atoms with Gasteiger partial charge in [-0.05, 0) is 74.9 Å². The van der Waals surface area contributed by atoms with Gasteiger partial charge in [-0.3, -0.25) is 0 Å². The fraction of sp³-hybridized carbons (Fsp3) is 0.350. The van der Waals surface area contributed by atoms with Gasteiger partial charge in [0, 0.05) is 33.1 Å². The second kappa shape index (κ2) is 11.8. The Morgan fingerprint density at radius 3 is 1.10 bits per heavy atom. The van der Waals surface area contributed by atoms with E-state index in [1.807, 2.05) is 0 Å². The first kappa shape index (κ1) is 31.2. The molecule has 220 valence electrons. The number of rotatable bonds is 8. The van der Waals surface area contributed by atoms with Crippen molar-refractivity contribution >= 4 is 0 Å². The molecule has 0 atom stereocenters. The summed E-state index contributed by atoms with van der Waals surface area (Å²) in [6, 6.07) is 22.1. The van der Waals surface area contributed by atoms with Crippen molar-refractivity contribution in [1.82, 2.24) is 0 Å². The van der Waals surface area contributed by atoms with Crippen LogP contribution in [0.5, 0.6) is 11.5 Å². The van der Waals surface area contributed by atoms with Gasteiger partial charge in [-0.1, -0.05) is 112 Å². The van der Waals surface area contributed by atoms with Crippen LogP contribution < -0.4 is 9.47 Å². The minimum Gasteiger partial charge on any atom is -0.496 e. The van der Waals surface area contributed by atoms with Crippen LogP contribution in [-0.4, -0.2) is 14.2 Å². The van der Waals surface area contributed by atoms with E-state index in [1.165, 1.54) is 55.6 Å². The first-order valence-electron chi connectivity index (χ1n) is 14.9. The first-order valence-corrected chi connectivity index (χ1v) is 14.9. The fourth-order valence-corrected chi connectivity index (χ4v) is 6.73. The zero-order valence-electron chi connectivity index (χ0n) is 27.7. The molecule has 0 aliphatic heterocycles. The van der Waals surface area contributed by atoms with E-state index in [9.17, 15) is 0 Å². The van der Waals surface area contributed by atoms with E-state index in [4.69, 9.17) is 9.47 Å². The molecule has 0 radical (unpaired) electrons. The monoisotopic (exact) mass is 560 g/mol. The zero-order valence-corrected chi connectivity index (χ0v) is 27.7. The molecule has 0 bridgehead atoms. The van der Waals surface area contributed by atoms with E-state index < -0.39 is 0 Å². The van der Waals surface area contributed by atoms with Gasteiger partial charge in [-0.2, -0.15) is 0 Å². The van der Waals surface area contributed by atoms with Crippen LogP contribution >= 0.6 is 0 Å². The lowest BCUT2D eigenvalue weighted by atomic mass is 9.76. The van der Waals surface area contributed by atoms with Crippen LogP contribution in [-0.2, 0) is 10.8 Å². The van der Waals surface area contributed by atoms with Crippen LogP contribution in [0.2, 0.25) is 0 Å². The molecule has 4 aromatic carbocycles. The van der Waals surface area contributed by atoms with E-state index in [1.54, 1.807) is 14.2 Å². The van der Waals surface area contributed by atoms with Gasteiger partial charge in [-0.25, -0.2) is 0 Å². The van der Waals surface area contributed by atoms with Crippen LogP contribution in [0.3, 0.4) is 0 Å². The Kier molecular flexibility index (Phi) is 8.78. The predicted octanol–water partition coefficient (Wildman–Crippen LogP) is 10.7. The van der Waals surface area contributed by atoms with Gasteiger partial charge in [0.25, 0.3) is 0 Å². The Hall–Kier alpha value is -3.78. The molecule has 2 nitrogen and oxygen atoms in total. The van der Waals surface area contributed by atoms with Crippen molar-refractivity contribution < 1.29 is 9.47 Å². The molecule has 0 fully saturated rings. The van der Waals surface area contributed by atoms with Gasteiger partial charge in [-0.15, -0.1) is 0 Å². The number of benzene rings is 4. The average molecular weight is 561 g/mol. The van der Waals surface area contributed by atoms with Gasteiger partial charge in [0.1, 0.15) is 11.5 Å². The molecule has 0 N–H and O–H groups in total. The molecular weight excluding hydrogens is 512 g/mol. The van der Waals surface area contributed by atoms with Crippen LogP contribution in [0.15, 0.2) is 72.8 Å². The van der Waals surface area contributed by atoms with Crippen LogP contribution in [0.1, 0.15) is 72.2 Å². The summed E-state index contributed by atoms with van der Waals surface area (Å²) in [5, 5.41) is 0. The van der Waals surface area contributed by atoms with Gasteiger partial charge >= 0.3 is 0 Å². The highest BCUT2D eigenvalue weighted by molar-refractivity contribution is 5.79. The molecule has 4 rings (SSSR count). The number of ether oxygens (including phenoxy) is 2. The lowest BCUT2D eigenvalue weighted by Gasteiger charge is -2.30. The number of methoxy groups -OCH3 is 2. The molecule has 42 heavy (non-hydrogen) atoms. The molecule has 0 aliphatic rings. The third-order valence-electron chi connectivity index (χ3n) is 8.64. The summed E-state index contributed by atoms with van der Waals surface area (Å²) in [6.45, 7) is 22.1. The standard InChI is InChI=1S/C40H48O2/c1-25-21-27(3)35(28(4)22-25)31-15-13-17-33(37(31)41-11)39(7,8)19-20-40(9,10)34-18-14-16-32(38(34)42-12)36-29(5)23-26(2)24-30(36)6/h13-24H,1-12H3/b20-19+. The number of hydrogen-bond acceptors (Lipinski definition) is 2. The highest BCUT2D eigenvalue weighted by Gasteiger charge is 2.29. The maximum atomic E-state index is 6.15. The Labute approximate surface area is 254 Å². The molecule has 0 unspecified atom stereocenters. The van der Waals surface area contributed by atoms with Crippen molar-refractivity contribution in [3.8, 4) is 33.8 Å². The van der Waals surface area contributed by atoms with Crippen LogP contribution in [0.4, 0.5) is 0 Å². The molecule has 0 amide bonds. The summed E-state index contributed by atoms with van der Waals surface area (Å²) in [5.41, 5.74) is 14.2. The smallest absolute Gasteiger partial charge is 0.130 e. The van der Waals surface area contributed by atoms with Crippen molar-refractivity contribution in [2.45, 2.75) is 80.1 Å². The molecule has 4 aromatic rings. The minimum atomic E-state index is -0.278. The lowest BCUT2D eigenvalue weighted by Crippen LogP contribution is -2.20. The molecule has 0 heterocycles. The Morgan fingerprint density at radius 2 is 0.810 bits per heavy atom. The number of hydrogen-bond donors (Lipinski definition) is 0. The van der Waals surface area contributed by atoms with Crippen molar-refractivity contribution in [3.63, 3.8) is 0 Å². The van der Waals surface area contributed by atoms with Crippen molar-refractivity contribution in [3.05, 3.63) is 117 Å². The maximum Gasteiger partial charge on any atom is 0.130 e. The average Bonchev–Trinajstić information content (AvgIpc) is 2.90. The molecular formula is C40H48O2. The summed E-state index contributed by atoms with van der Waals surface area (Å²) < 4.78 is 12.3. The topological polar surface area (TPSA) is 18.5 Å². The normalized spacial score (nSPS) is 12.2. The molecule has 0 aromatic heterocycles. The quantitative estimate of drug-likeness (QED) is 0.200. The van der Waals surface area contributed by atoms with Gasteiger partial charge in [0.2, 0.25) is 0 Å². The van der Waals surface area contributed by atoms with Crippen molar-refractivity contribution in [1.29, 1.82) is 0 Å². The summed E-state index contributed by atoms with van der Waals surface area (Å²) in [4.78, 5) is 0. The largest absolute Gasteiger partial charge is 0.496 e. The zero-order chi connectivity index (χ0) is 31.0. The summed E-state index contributed by atoms with van der Waals surface area (Å²) in [7, 11) is 3.58. The molecule has 0 saturated carbocycles. The van der Waals surface area contributed by atoms with Gasteiger partial charge in [0.05, 0.1) is 14.2 Å². The Morgan fingerprint density at radius 1 is 0.500 bits per heavy atom. The van der Waals surface area contributed by atoms with E-state index in [2.05, 4.69) is 142 Å². The minimum absolute atomic E-state index is 0.278. The SMILES string of the molecule is COc1c(-c2c(C)cc(C)cc2C)cccc1C(C)(C)/C=C/C(C)(C)c1cccc(-c2c(C)cc(C)cc2C)c1OC. The number of aryl methyl sites for hydroxylation is 6. The van der Waals surface area contributed by atoms with Crippen LogP contribution in [0, 0.1) is 41.5 Å². The maximum absolute atomic E-state index is 6.15. The fourth-order valence-electron chi connectivity index (χ4n) is 6.73. The molecule has 2 heteroatoms. The van der Waals surface area contributed by atoms with E-state index >= 15 is 0 Å². The van der Waals surface area contributed by atoms with Crippen LogP contribution in [0.25, 0.3) is 22.3 Å². The van der Waals surface area contributed by atoms with E-state index in [0.29, 0.717) is 0 Å². The second-order valence-electron chi connectivity index (χ2n) is 13.1. The predicted molar refractivity (Wildman–Crippen MR) is 180 cm³/mol. The third kappa shape index (κ3) is 5.91. The number of allylic oxidation sites excluding steroid dienone is 2. The first-order chi connectivity index (χ1) is 19.7. The third-order valence-corrected chi connectivity index (χ3v) is 8.64. The summed E-state index contributed by atoms with van der Waals surface area (Å²) >= 11 is 0. The van der Waals surface area contributed by atoms with Gasteiger partial charge < -0.3 is 9.47 Å². The van der Waals surface area contributed by atoms with Gasteiger partial charge in [0.15, 0.2) is 0 Å².